The van der Waals surface area contributed by atoms with Gasteiger partial charge in [0.1, 0.15) is 0 Å². The number of piperidine rings is 2. The Hall–Kier alpha value is -2.37. The van der Waals surface area contributed by atoms with Crippen molar-refractivity contribution in [2.75, 3.05) is 24.5 Å². The fourth-order valence-corrected chi connectivity index (χ4v) is 3.72. The Kier molecular flexibility index (Phi) is 5.91. The van der Waals surface area contributed by atoms with Gasteiger partial charge in [0, 0.05) is 45.2 Å². The van der Waals surface area contributed by atoms with Gasteiger partial charge in [-0.15, -0.1) is 0 Å². The molecule has 6 nitrogen and oxygen atoms in total. The Labute approximate surface area is 154 Å². The van der Waals surface area contributed by atoms with Gasteiger partial charge in [0.2, 0.25) is 17.7 Å². The molecule has 1 atom stereocenters. The predicted octanol–water partition coefficient (Wildman–Crippen LogP) is 2.08. The van der Waals surface area contributed by atoms with Crippen molar-refractivity contribution in [2.24, 2.45) is 5.92 Å². The first-order valence-corrected chi connectivity index (χ1v) is 9.47. The minimum absolute atomic E-state index is 0.00426. The molecule has 1 aromatic carbocycles. The second-order valence-corrected chi connectivity index (χ2v) is 7.19. The van der Waals surface area contributed by atoms with E-state index in [-0.39, 0.29) is 23.6 Å². The maximum absolute atomic E-state index is 12.5. The van der Waals surface area contributed by atoms with E-state index in [1.54, 1.807) is 11.8 Å². The molecule has 1 N–H and O–H groups in total. The largest absolute Gasteiger partial charge is 0.352 e. The average molecular weight is 357 g/mol. The first-order valence-electron chi connectivity index (χ1n) is 9.47. The second-order valence-electron chi connectivity index (χ2n) is 7.19. The molecular formula is C20H27N3O3. The molecular weight excluding hydrogens is 330 g/mol. The molecule has 2 aliphatic heterocycles. The molecule has 0 bridgehead atoms. The Bertz CT molecular complexity index is 689. The molecule has 0 unspecified atom stereocenters. The topological polar surface area (TPSA) is 69.7 Å². The summed E-state index contributed by atoms with van der Waals surface area (Å²) in [6.45, 7) is 3.99. The van der Waals surface area contributed by atoms with Crippen molar-refractivity contribution in [1.29, 1.82) is 0 Å². The lowest BCUT2D eigenvalue weighted by Gasteiger charge is -2.31. The van der Waals surface area contributed by atoms with E-state index in [1.807, 2.05) is 29.2 Å². The molecule has 6 heteroatoms. The third kappa shape index (κ3) is 4.42. The molecule has 2 aliphatic rings. The van der Waals surface area contributed by atoms with Crippen LogP contribution in [0.3, 0.4) is 0 Å². The number of carbonyl (C=O) groups is 3. The number of rotatable bonds is 4. The summed E-state index contributed by atoms with van der Waals surface area (Å²) in [6, 6.07) is 7.81. The van der Waals surface area contributed by atoms with Crippen LogP contribution in [0, 0.1) is 5.92 Å². The molecule has 1 aromatic rings. The highest BCUT2D eigenvalue weighted by Crippen LogP contribution is 2.22. The fraction of sp³-hybridized carbons (Fsp3) is 0.550. The summed E-state index contributed by atoms with van der Waals surface area (Å²) >= 11 is 0. The molecule has 26 heavy (non-hydrogen) atoms. The smallest absolute Gasteiger partial charge is 0.226 e. The van der Waals surface area contributed by atoms with Crippen LogP contribution in [0.5, 0.6) is 0 Å². The van der Waals surface area contributed by atoms with Crippen molar-refractivity contribution in [3.05, 3.63) is 29.8 Å². The molecule has 0 saturated carbocycles. The number of hydrogen-bond donors (Lipinski definition) is 1. The summed E-state index contributed by atoms with van der Waals surface area (Å²) in [5.74, 6) is 0.0558. The predicted molar refractivity (Wildman–Crippen MR) is 99.5 cm³/mol. The van der Waals surface area contributed by atoms with E-state index in [9.17, 15) is 14.4 Å². The van der Waals surface area contributed by atoms with Gasteiger partial charge in [-0.05, 0) is 43.4 Å². The van der Waals surface area contributed by atoms with Crippen LogP contribution in [0.15, 0.2) is 24.3 Å². The normalized spacial score (nSPS) is 20.8. The molecule has 0 spiro atoms. The van der Waals surface area contributed by atoms with Crippen LogP contribution in [0.1, 0.15) is 44.6 Å². The number of nitrogens with zero attached hydrogens (tertiary/aromatic N) is 2. The number of carbonyl (C=O) groups excluding carboxylic acids is 3. The molecule has 3 amide bonds. The lowest BCUT2D eigenvalue weighted by molar-refractivity contribution is -0.134. The summed E-state index contributed by atoms with van der Waals surface area (Å²) in [5, 5.41) is 2.99. The third-order valence-electron chi connectivity index (χ3n) is 5.25. The summed E-state index contributed by atoms with van der Waals surface area (Å²) < 4.78 is 0. The summed E-state index contributed by atoms with van der Waals surface area (Å²) in [4.78, 5) is 39.7. The number of likely N-dealkylation sites (tertiary alicyclic amines) is 1. The van der Waals surface area contributed by atoms with E-state index in [1.165, 1.54) is 0 Å². The van der Waals surface area contributed by atoms with Gasteiger partial charge in [-0.2, -0.15) is 0 Å². The van der Waals surface area contributed by atoms with Crippen molar-refractivity contribution < 1.29 is 14.4 Å². The van der Waals surface area contributed by atoms with Crippen LogP contribution < -0.4 is 10.2 Å². The van der Waals surface area contributed by atoms with Gasteiger partial charge < -0.3 is 15.1 Å². The molecule has 2 saturated heterocycles. The second kappa shape index (κ2) is 8.34. The van der Waals surface area contributed by atoms with Crippen molar-refractivity contribution in [3.63, 3.8) is 0 Å². The van der Waals surface area contributed by atoms with Gasteiger partial charge in [-0.3, -0.25) is 14.4 Å². The lowest BCUT2D eigenvalue weighted by atomic mass is 9.97. The lowest BCUT2D eigenvalue weighted by Crippen LogP contribution is -2.44. The molecule has 0 aromatic heterocycles. The van der Waals surface area contributed by atoms with Crippen LogP contribution >= 0.6 is 0 Å². The Morgan fingerprint density at radius 2 is 2.04 bits per heavy atom. The molecule has 3 rings (SSSR count). The minimum atomic E-state index is -0.139. The number of amides is 3. The number of hydrogen-bond acceptors (Lipinski definition) is 3. The zero-order valence-corrected chi connectivity index (χ0v) is 15.4. The molecule has 0 aliphatic carbocycles. The number of benzene rings is 1. The maximum Gasteiger partial charge on any atom is 0.226 e. The van der Waals surface area contributed by atoms with E-state index < -0.39 is 0 Å². The Balaban J connectivity index is 1.57. The van der Waals surface area contributed by atoms with Gasteiger partial charge in [-0.25, -0.2) is 0 Å². The standard InChI is InChI=1S/C20H27N3O3/c1-15(24)22-10-5-7-17(14-22)20(26)21-13-16-6-4-8-18(12-16)23-11-3-2-9-19(23)25/h4,6,8,12,17H,2-3,5,7,9-11,13-14H2,1H3,(H,21,26)/t17-/m0/s1. The van der Waals surface area contributed by atoms with E-state index in [0.717, 1.165) is 50.0 Å². The van der Waals surface area contributed by atoms with E-state index in [0.29, 0.717) is 19.5 Å². The van der Waals surface area contributed by atoms with Gasteiger partial charge in [0.25, 0.3) is 0 Å². The molecule has 0 radical (unpaired) electrons. The van der Waals surface area contributed by atoms with Crippen LogP contribution in [-0.4, -0.2) is 42.3 Å². The summed E-state index contributed by atoms with van der Waals surface area (Å²) in [5.41, 5.74) is 1.88. The zero-order valence-electron chi connectivity index (χ0n) is 15.4. The van der Waals surface area contributed by atoms with E-state index >= 15 is 0 Å². The average Bonchev–Trinajstić information content (AvgIpc) is 2.67. The number of anilines is 1. The van der Waals surface area contributed by atoms with E-state index in [2.05, 4.69) is 5.32 Å². The first-order chi connectivity index (χ1) is 12.5. The van der Waals surface area contributed by atoms with Crippen molar-refractivity contribution in [1.82, 2.24) is 10.2 Å². The van der Waals surface area contributed by atoms with E-state index in [4.69, 9.17) is 0 Å². The maximum atomic E-state index is 12.5. The minimum Gasteiger partial charge on any atom is -0.352 e. The van der Waals surface area contributed by atoms with Gasteiger partial charge in [-0.1, -0.05) is 12.1 Å². The van der Waals surface area contributed by atoms with Crippen molar-refractivity contribution in [2.45, 2.75) is 45.6 Å². The summed E-state index contributed by atoms with van der Waals surface area (Å²) in [7, 11) is 0. The fourth-order valence-electron chi connectivity index (χ4n) is 3.72. The molecule has 2 fully saturated rings. The zero-order chi connectivity index (χ0) is 18.5. The molecule has 140 valence electrons. The third-order valence-corrected chi connectivity index (χ3v) is 5.25. The highest BCUT2D eigenvalue weighted by molar-refractivity contribution is 5.94. The van der Waals surface area contributed by atoms with Crippen molar-refractivity contribution in [3.8, 4) is 0 Å². The van der Waals surface area contributed by atoms with Crippen LogP contribution in [-0.2, 0) is 20.9 Å². The van der Waals surface area contributed by atoms with Crippen LogP contribution in [0.4, 0.5) is 5.69 Å². The van der Waals surface area contributed by atoms with Gasteiger partial charge in [0.05, 0.1) is 5.92 Å². The summed E-state index contributed by atoms with van der Waals surface area (Å²) in [6.07, 6.45) is 4.28. The highest BCUT2D eigenvalue weighted by atomic mass is 16.2. The van der Waals surface area contributed by atoms with Gasteiger partial charge in [0.15, 0.2) is 0 Å². The number of nitrogens with one attached hydrogen (secondary N) is 1. The van der Waals surface area contributed by atoms with Gasteiger partial charge >= 0.3 is 0 Å². The Morgan fingerprint density at radius 3 is 2.81 bits per heavy atom. The monoisotopic (exact) mass is 357 g/mol. The van der Waals surface area contributed by atoms with Crippen molar-refractivity contribution >= 4 is 23.4 Å². The highest BCUT2D eigenvalue weighted by Gasteiger charge is 2.26. The Morgan fingerprint density at radius 1 is 1.19 bits per heavy atom. The first kappa shape index (κ1) is 18.4. The molecule has 2 heterocycles. The SMILES string of the molecule is CC(=O)N1CCC[C@H](C(=O)NCc2cccc(N3CCCCC3=O)c2)C1. The van der Waals surface area contributed by atoms with Crippen LogP contribution in [0.2, 0.25) is 0 Å². The van der Waals surface area contributed by atoms with Crippen LogP contribution in [0.25, 0.3) is 0 Å². The quantitative estimate of drug-likeness (QED) is 0.897.